The molecule has 0 aliphatic heterocycles. The molecule has 0 heterocycles. The first kappa shape index (κ1) is 13.5. The summed E-state index contributed by atoms with van der Waals surface area (Å²) in [7, 11) is -0.271. The van der Waals surface area contributed by atoms with Crippen molar-refractivity contribution in [2.45, 2.75) is 0 Å². The van der Waals surface area contributed by atoms with E-state index in [4.69, 9.17) is 25.4 Å². The standard InChI is InChI=1S/C10H14ClO4P/c1-13-16(12,14-2)8-7-15-10-5-3-9(11)4-6-10/h3-6H,7-8H2,1-2H3. The lowest BCUT2D eigenvalue weighted by Crippen LogP contribution is -2.05. The number of hydrogen-bond donors (Lipinski definition) is 0. The predicted molar refractivity (Wildman–Crippen MR) is 63.4 cm³/mol. The molecule has 1 rings (SSSR count). The Bertz CT molecular complexity index is 358. The van der Waals surface area contributed by atoms with Crippen molar-refractivity contribution in [2.24, 2.45) is 0 Å². The first-order valence-corrected chi connectivity index (χ1v) is 6.79. The highest BCUT2D eigenvalue weighted by molar-refractivity contribution is 7.53. The molecule has 0 saturated heterocycles. The molecule has 16 heavy (non-hydrogen) atoms. The molecule has 1 aromatic rings. The Morgan fingerprint density at radius 2 is 1.75 bits per heavy atom. The van der Waals surface area contributed by atoms with Crippen LogP contribution < -0.4 is 4.74 Å². The van der Waals surface area contributed by atoms with Crippen LogP contribution in [0.2, 0.25) is 5.02 Å². The number of ether oxygens (including phenoxy) is 1. The second-order valence-electron chi connectivity index (χ2n) is 3.00. The van der Waals surface area contributed by atoms with Crippen LogP contribution in [0.4, 0.5) is 0 Å². The lowest BCUT2D eigenvalue weighted by Gasteiger charge is -2.13. The summed E-state index contributed by atoms with van der Waals surface area (Å²) in [5, 5.41) is 0.645. The van der Waals surface area contributed by atoms with Crippen molar-refractivity contribution >= 4 is 19.2 Å². The van der Waals surface area contributed by atoms with Crippen molar-refractivity contribution < 1.29 is 18.3 Å². The lowest BCUT2D eigenvalue weighted by atomic mass is 10.3. The molecule has 90 valence electrons. The van der Waals surface area contributed by atoms with Crippen molar-refractivity contribution in [3.8, 4) is 5.75 Å². The van der Waals surface area contributed by atoms with Crippen LogP contribution in [0.25, 0.3) is 0 Å². The Balaban J connectivity index is 2.41. The first-order chi connectivity index (χ1) is 7.59. The van der Waals surface area contributed by atoms with Gasteiger partial charge in [0.1, 0.15) is 5.75 Å². The third kappa shape index (κ3) is 4.14. The SMILES string of the molecule is COP(=O)(CCOc1ccc(Cl)cc1)OC. The van der Waals surface area contributed by atoms with Crippen molar-refractivity contribution in [1.82, 2.24) is 0 Å². The van der Waals surface area contributed by atoms with Gasteiger partial charge in [-0.1, -0.05) is 11.6 Å². The van der Waals surface area contributed by atoms with Gasteiger partial charge in [0.25, 0.3) is 0 Å². The average molecular weight is 265 g/mol. The predicted octanol–water partition coefficient (Wildman–Crippen LogP) is 3.20. The molecule has 0 saturated carbocycles. The third-order valence-electron chi connectivity index (χ3n) is 2.00. The highest BCUT2D eigenvalue weighted by atomic mass is 35.5. The van der Waals surface area contributed by atoms with E-state index in [9.17, 15) is 4.57 Å². The van der Waals surface area contributed by atoms with E-state index in [1.54, 1.807) is 24.3 Å². The number of rotatable bonds is 6. The summed E-state index contributed by atoms with van der Waals surface area (Å²) in [5.74, 6) is 0.670. The van der Waals surface area contributed by atoms with Crippen LogP contribution in [0, 0.1) is 0 Å². The average Bonchev–Trinajstić information content (AvgIpc) is 2.31. The van der Waals surface area contributed by atoms with Gasteiger partial charge in [-0.25, -0.2) is 0 Å². The van der Waals surface area contributed by atoms with E-state index in [0.717, 1.165) is 0 Å². The van der Waals surface area contributed by atoms with E-state index in [2.05, 4.69) is 0 Å². The zero-order chi connectivity index (χ0) is 12.0. The van der Waals surface area contributed by atoms with Crippen molar-refractivity contribution in [3.63, 3.8) is 0 Å². The lowest BCUT2D eigenvalue weighted by molar-refractivity contribution is 0.261. The summed E-state index contributed by atoms with van der Waals surface area (Å²) in [6.45, 7) is 0.264. The Hall–Kier alpha value is -0.540. The van der Waals surface area contributed by atoms with Crippen LogP contribution in [0.5, 0.6) is 5.75 Å². The first-order valence-electron chi connectivity index (χ1n) is 4.68. The van der Waals surface area contributed by atoms with Gasteiger partial charge in [-0.3, -0.25) is 4.57 Å². The van der Waals surface area contributed by atoms with E-state index in [-0.39, 0.29) is 12.8 Å². The maximum Gasteiger partial charge on any atom is 0.333 e. The molecule has 0 radical (unpaired) electrons. The normalized spacial score (nSPS) is 11.4. The van der Waals surface area contributed by atoms with Crippen molar-refractivity contribution in [1.29, 1.82) is 0 Å². The minimum absolute atomic E-state index is 0.211. The summed E-state index contributed by atoms with van der Waals surface area (Å²) in [6.07, 6.45) is 0.211. The van der Waals surface area contributed by atoms with Gasteiger partial charge in [0.15, 0.2) is 0 Å². The van der Waals surface area contributed by atoms with E-state index in [0.29, 0.717) is 10.8 Å². The van der Waals surface area contributed by atoms with Gasteiger partial charge in [-0.2, -0.15) is 0 Å². The fourth-order valence-electron chi connectivity index (χ4n) is 1.06. The molecular weight excluding hydrogens is 251 g/mol. The maximum atomic E-state index is 11.6. The zero-order valence-corrected chi connectivity index (χ0v) is 10.8. The summed E-state index contributed by atoms with van der Waals surface area (Å²) in [6, 6.07) is 6.94. The molecule has 0 spiro atoms. The van der Waals surface area contributed by atoms with Gasteiger partial charge in [-0.15, -0.1) is 0 Å². The number of halogens is 1. The second kappa shape index (κ2) is 6.26. The van der Waals surface area contributed by atoms with Gasteiger partial charge in [0.05, 0.1) is 12.8 Å². The molecular formula is C10H14ClO4P. The highest BCUT2D eigenvalue weighted by Gasteiger charge is 2.20. The van der Waals surface area contributed by atoms with Crippen LogP contribution in [0.15, 0.2) is 24.3 Å². The van der Waals surface area contributed by atoms with Gasteiger partial charge < -0.3 is 13.8 Å². The molecule has 0 unspecified atom stereocenters. The van der Waals surface area contributed by atoms with E-state index < -0.39 is 7.60 Å². The van der Waals surface area contributed by atoms with E-state index in [1.165, 1.54) is 14.2 Å². The third-order valence-corrected chi connectivity index (χ3v) is 4.10. The maximum absolute atomic E-state index is 11.6. The molecule has 0 atom stereocenters. The summed E-state index contributed by atoms with van der Waals surface area (Å²) < 4.78 is 26.6. The van der Waals surface area contributed by atoms with Gasteiger partial charge in [0.2, 0.25) is 0 Å². The fraction of sp³-hybridized carbons (Fsp3) is 0.400. The van der Waals surface area contributed by atoms with Crippen LogP contribution >= 0.6 is 19.2 Å². The minimum Gasteiger partial charge on any atom is -0.493 e. The minimum atomic E-state index is -2.98. The highest BCUT2D eigenvalue weighted by Crippen LogP contribution is 2.45. The summed E-state index contributed by atoms with van der Waals surface area (Å²) in [5.41, 5.74) is 0. The molecule has 0 aromatic heterocycles. The van der Waals surface area contributed by atoms with E-state index in [1.807, 2.05) is 0 Å². The molecule has 4 nitrogen and oxygen atoms in total. The van der Waals surface area contributed by atoms with Gasteiger partial charge in [0, 0.05) is 19.2 Å². The second-order valence-corrected chi connectivity index (χ2v) is 5.84. The van der Waals surface area contributed by atoms with E-state index >= 15 is 0 Å². The van der Waals surface area contributed by atoms with Crippen molar-refractivity contribution in [2.75, 3.05) is 27.0 Å². The molecule has 0 aliphatic carbocycles. The largest absolute Gasteiger partial charge is 0.493 e. The Morgan fingerprint density at radius 1 is 1.19 bits per heavy atom. The monoisotopic (exact) mass is 264 g/mol. The molecule has 0 bridgehead atoms. The van der Waals surface area contributed by atoms with Crippen LogP contribution in [-0.2, 0) is 13.6 Å². The quantitative estimate of drug-likeness (QED) is 0.740. The topological polar surface area (TPSA) is 44.8 Å². The molecule has 1 aromatic carbocycles. The molecule has 6 heteroatoms. The molecule has 0 amide bonds. The number of hydrogen-bond acceptors (Lipinski definition) is 4. The molecule has 0 fully saturated rings. The Labute approximate surface area is 100.0 Å². The van der Waals surface area contributed by atoms with Crippen LogP contribution in [0.3, 0.4) is 0 Å². The molecule has 0 aliphatic rings. The van der Waals surface area contributed by atoms with Crippen LogP contribution in [0.1, 0.15) is 0 Å². The fourth-order valence-corrected chi connectivity index (χ4v) is 2.02. The Kier molecular flexibility index (Phi) is 5.29. The van der Waals surface area contributed by atoms with Gasteiger partial charge >= 0.3 is 7.60 Å². The summed E-state index contributed by atoms with van der Waals surface area (Å²) >= 11 is 5.72. The zero-order valence-electron chi connectivity index (χ0n) is 9.18. The van der Waals surface area contributed by atoms with Crippen LogP contribution in [-0.4, -0.2) is 27.0 Å². The summed E-state index contributed by atoms with van der Waals surface area (Å²) in [4.78, 5) is 0. The number of benzene rings is 1. The van der Waals surface area contributed by atoms with Crippen molar-refractivity contribution in [3.05, 3.63) is 29.3 Å². The Morgan fingerprint density at radius 3 is 2.25 bits per heavy atom. The molecule has 0 N–H and O–H groups in total. The van der Waals surface area contributed by atoms with Gasteiger partial charge in [-0.05, 0) is 24.3 Å². The smallest absolute Gasteiger partial charge is 0.333 e.